The molecule has 2 saturated heterocycles. The highest BCUT2D eigenvalue weighted by Crippen LogP contribution is 2.30. The van der Waals surface area contributed by atoms with Crippen molar-refractivity contribution in [2.45, 2.75) is 26.3 Å². The summed E-state index contributed by atoms with van der Waals surface area (Å²) in [6, 6.07) is 6.66. The first-order valence-electron chi connectivity index (χ1n) is 10.4. The first-order valence-corrected chi connectivity index (χ1v) is 10.4. The molecule has 0 radical (unpaired) electrons. The number of benzene rings is 1. The summed E-state index contributed by atoms with van der Waals surface area (Å²) in [7, 11) is 2.19. The SMILES string of the molecule is CC(C)CCNC(=O)n1cnc2c(N3CC(N4CCN(C)CC4)C3)cccc21. The minimum absolute atomic E-state index is 0.0979. The fourth-order valence-corrected chi connectivity index (χ4v) is 4.06. The molecule has 28 heavy (non-hydrogen) atoms. The van der Waals surface area contributed by atoms with Crippen LogP contribution in [0.3, 0.4) is 0 Å². The van der Waals surface area contributed by atoms with Crippen molar-refractivity contribution >= 4 is 22.8 Å². The molecular formula is C21H32N6O. The van der Waals surface area contributed by atoms with E-state index in [-0.39, 0.29) is 6.03 Å². The standard InChI is InChI=1S/C21H32N6O/c1-16(2)7-8-22-21(28)27-15-23-20-18(5-4-6-19(20)27)26-13-17(14-26)25-11-9-24(3)10-12-25/h4-6,15-17H,7-14H2,1-3H3,(H,22,28). The van der Waals surface area contributed by atoms with Gasteiger partial charge in [-0.05, 0) is 31.5 Å². The molecule has 1 aromatic carbocycles. The van der Waals surface area contributed by atoms with Gasteiger partial charge in [0, 0.05) is 51.9 Å². The van der Waals surface area contributed by atoms with Crippen LogP contribution in [0.1, 0.15) is 20.3 Å². The van der Waals surface area contributed by atoms with Crippen molar-refractivity contribution in [2.24, 2.45) is 5.92 Å². The molecule has 0 saturated carbocycles. The Morgan fingerprint density at radius 1 is 1.21 bits per heavy atom. The Morgan fingerprint density at radius 3 is 2.68 bits per heavy atom. The van der Waals surface area contributed by atoms with E-state index in [9.17, 15) is 4.79 Å². The van der Waals surface area contributed by atoms with E-state index in [1.54, 1.807) is 10.9 Å². The summed E-state index contributed by atoms with van der Waals surface area (Å²) < 4.78 is 1.64. The molecule has 2 fully saturated rings. The number of hydrogen-bond donors (Lipinski definition) is 1. The minimum atomic E-state index is -0.0979. The van der Waals surface area contributed by atoms with E-state index >= 15 is 0 Å². The number of imidazole rings is 1. The fraction of sp³-hybridized carbons (Fsp3) is 0.619. The van der Waals surface area contributed by atoms with Gasteiger partial charge < -0.3 is 15.1 Å². The third kappa shape index (κ3) is 3.86. The minimum Gasteiger partial charge on any atom is -0.366 e. The number of likely N-dealkylation sites (N-methyl/N-ethyl adjacent to an activating group) is 1. The first-order chi connectivity index (χ1) is 13.5. The van der Waals surface area contributed by atoms with Crippen molar-refractivity contribution in [3.63, 3.8) is 0 Å². The van der Waals surface area contributed by atoms with E-state index in [0.717, 1.165) is 62.4 Å². The zero-order valence-corrected chi connectivity index (χ0v) is 17.3. The number of hydrogen-bond acceptors (Lipinski definition) is 5. The number of para-hydroxylation sites is 1. The molecule has 2 aliphatic rings. The second kappa shape index (κ2) is 8.09. The lowest BCUT2D eigenvalue weighted by Gasteiger charge is -2.48. The Kier molecular flexibility index (Phi) is 5.55. The topological polar surface area (TPSA) is 56.6 Å². The number of amides is 1. The fourth-order valence-electron chi connectivity index (χ4n) is 4.06. The van der Waals surface area contributed by atoms with Crippen molar-refractivity contribution in [3.05, 3.63) is 24.5 Å². The smallest absolute Gasteiger partial charge is 0.327 e. The number of carbonyl (C=O) groups excluding carboxylic acids is 1. The lowest BCUT2D eigenvalue weighted by atomic mass is 10.0. The van der Waals surface area contributed by atoms with Gasteiger partial charge in [0.15, 0.2) is 0 Å². The Labute approximate surface area is 167 Å². The van der Waals surface area contributed by atoms with Crippen LogP contribution in [0.15, 0.2) is 24.5 Å². The monoisotopic (exact) mass is 384 g/mol. The summed E-state index contributed by atoms with van der Waals surface area (Å²) in [4.78, 5) is 24.5. The molecule has 2 aliphatic heterocycles. The normalized spacial score (nSPS) is 19.4. The van der Waals surface area contributed by atoms with E-state index in [1.807, 2.05) is 12.1 Å². The second-order valence-corrected chi connectivity index (χ2v) is 8.57. The molecule has 7 nitrogen and oxygen atoms in total. The predicted molar refractivity (Wildman–Crippen MR) is 113 cm³/mol. The molecule has 1 amide bonds. The Hall–Kier alpha value is -2.12. The summed E-state index contributed by atoms with van der Waals surface area (Å²) >= 11 is 0. The molecule has 0 bridgehead atoms. The molecule has 3 heterocycles. The summed E-state index contributed by atoms with van der Waals surface area (Å²) in [6.07, 6.45) is 2.63. The van der Waals surface area contributed by atoms with E-state index in [1.165, 1.54) is 0 Å². The Balaban J connectivity index is 1.42. The van der Waals surface area contributed by atoms with Crippen LogP contribution >= 0.6 is 0 Å². The highest BCUT2D eigenvalue weighted by molar-refractivity contribution is 5.95. The molecule has 0 unspecified atom stereocenters. The van der Waals surface area contributed by atoms with Crippen LogP contribution in [0.5, 0.6) is 0 Å². The van der Waals surface area contributed by atoms with Crippen molar-refractivity contribution in [1.29, 1.82) is 0 Å². The molecule has 0 spiro atoms. The maximum atomic E-state index is 12.5. The number of nitrogens with zero attached hydrogens (tertiary/aromatic N) is 5. The van der Waals surface area contributed by atoms with Gasteiger partial charge in [0.25, 0.3) is 0 Å². The molecular weight excluding hydrogens is 352 g/mol. The number of aromatic nitrogens is 2. The molecule has 1 aromatic heterocycles. The zero-order valence-electron chi connectivity index (χ0n) is 17.3. The second-order valence-electron chi connectivity index (χ2n) is 8.57. The van der Waals surface area contributed by atoms with Gasteiger partial charge in [-0.2, -0.15) is 0 Å². The number of anilines is 1. The van der Waals surface area contributed by atoms with Crippen LogP contribution < -0.4 is 10.2 Å². The largest absolute Gasteiger partial charge is 0.366 e. The predicted octanol–water partition coefficient (Wildman–Crippen LogP) is 2.08. The molecule has 0 atom stereocenters. The number of piperazine rings is 1. The lowest BCUT2D eigenvalue weighted by molar-refractivity contribution is 0.0964. The third-order valence-corrected chi connectivity index (χ3v) is 6.03. The summed E-state index contributed by atoms with van der Waals surface area (Å²) in [6.45, 7) is 11.7. The van der Waals surface area contributed by atoms with Gasteiger partial charge in [0.05, 0.1) is 11.2 Å². The number of nitrogens with one attached hydrogen (secondary N) is 1. The third-order valence-electron chi connectivity index (χ3n) is 6.03. The Bertz CT molecular complexity index is 817. The van der Waals surface area contributed by atoms with Crippen LogP contribution in [0.25, 0.3) is 11.0 Å². The first kappa shape index (κ1) is 19.2. The maximum absolute atomic E-state index is 12.5. The van der Waals surface area contributed by atoms with Crippen LogP contribution in [-0.4, -0.2) is 84.3 Å². The van der Waals surface area contributed by atoms with E-state index in [2.05, 4.69) is 52.0 Å². The summed E-state index contributed by atoms with van der Waals surface area (Å²) in [5, 5.41) is 3.00. The van der Waals surface area contributed by atoms with Gasteiger partial charge >= 0.3 is 6.03 Å². The van der Waals surface area contributed by atoms with E-state index in [4.69, 9.17) is 0 Å². The summed E-state index contributed by atoms with van der Waals surface area (Å²) in [5.74, 6) is 0.575. The molecule has 7 heteroatoms. The number of fused-ring (bicyclic) bond motifs is 1. The van der Waals surface area contributed by atoms with Gasteiger partial charge in [-0.1, -0.05) is 19.9 Å². The van der Waals surface area contributed by atoms with Crippen molar-refractivity contribution in [1.82, 2.24) is 24.7 Å². The highest BCUT2D eigenvalue weighted by Gasteiger charge is 2.34. The van der Waals surface area contributed by atoms with Crippen LogP contribution in [-0.2, 0) is 0 Å². The molecule has 1 N–H and O–H groups in total. The summed E-state index contributed by atoms with van der Waals surface area (Å²) in [5.41, 5.74) is 2.93. The van der Waals surface area contributed by atoms with E-state index in [0.29, 0.717) is 18.5 Å². The van der Waals surface area contributed by atoms with Gasteiger partial charge in [-0.15, -0.1) is 0 Å². The number of rotatable bonds is 5. The van der Waals surface area contributed by atoms with E-state index < -0.39 is 0 Å². The van der Waals surface area contributed by atoms with Gasteiger partial charge in [-0.3, -0.25) is 9.47 Å². The Morgan fingerprint density at radius 2 is 1.96 bits per heavy atom. The molecule has 0 aliphatic carbocycles. The number of carbonyl (C=O) groups is 1. The van der Waals surface area contributed by atoms with Crippen LogP contribution in [0, 0.1) is 5.92 Å². The van der Waals surface area contributed by atoms with Gasteiger partial charge in [0.2, 0.25) is 0 Å². The quantitative estimate of drug-likeness (QED) is 0.855. The highest BCUT2D eigenvalue weighted by atomic mass is 16.2. The molecule has 152 valence electrons. The van der Waals surface area contributed by atoms with Crippen LogP contribution in [0.2, 0.25) is 0 Å². The van der Waals surface area contributed by atoms with Crippen molar-refractivity contribution < 1.29 is 4.79 Å². The average molecular weight is 385 g/mol. The lowest BCUT2D eigenvalue weighted by Crippen LogP contribution is -2.63. The van der Waals surface area contributed by atoms with Gasteiger partial charge in [-0.25, -0.2) is 9.78 Å². The zero-order chi connectivity index (χ0) is 19.7. The van der Waals surface area contributed by atoms with Crippen molar-refractivity contribution in [3.8, 4) is 0 Å². The van der Waals surface area contributed by atoms with Crippen LogP contribution in [0.4, 0.5) is 10.5 Å². The van der Waals surface area contributed by atoms with Crippen molar-refractivity contribution in [2.75, 3.05) is 57.8 Å². The average Bonchev–Trinajstić information content (AvgIpc) is 3.06. The molecule has 2 aromatic rings. The van der Waals surface area contributed by atoms with Gasteiger partial charge in [0.1, 0.15) is 11.8 Å². The maximum Gasteiger partial charge on any atom is 0.327 e. The molecule has 4 rings (SSSR count).